The van der Waals surface area contributed by atoms with Crippen molar-refractivity contribution in [3.8, 4) is 0 Å². The molecule has 0 radical (unpaired) electrons. The Hall–Kier alpha value is 0.0400. The maximum atomic E-state index is 12.2. The van der Waals surface area contributed by atoms with Crippen LogP contribution in [-0.2, 0) is 14.8 Å². The lowest BCUT2D eigenvalue weighted by Crippen LogP contribution is -2.31. The molecule has 2 N–H and O–H groups in total. The van der Waals surface area contributed by atoms with E-state index in [1.54, 1.807) is 0 Å². The van der Waals surface area contributed by atoms with Crippen molar-refractivity contribution in [2.24, 2.45) is 11.8 Å². The van der Waals surface area contributed by atoms with E-state index >= 15 is 0 Å². The highest BCUT2D eigenvalue weighted by Crippen LogP contribution is 2.34. The fourth-order valence-electron chi connectivity index (χ4n) is 1.97. The number of hydrogen-bond acceptors (Lipinski definition) is 4. The Kier molecular flexibility index (Phi) is 7.32. The number of aliphatic carboxylic acids is 1. The second-order valence-corrected chi connectivity index (χ2v) is 10.6. The quantitative estimate of drug-likeness (QED) is 0.617. The van der Waals surface area contributed by atoms with E-state index in [1.807, 2.05) is 13.8 Å². The number of rotatable bonds is 8. The van der Waals surface area contributed by atoms with Crippen LogP contribution in [0.15, 0.2) is 18.5 Å². The molecule has 0 aliphatic heterocycles. The fourth-order valence-corrected chi connectivity index (χ4v) is 6.89. The zero-order valence-corrected chi connectivity index (χ0v) is 16.4. The summed E-state index contributed by atoms with van der Waals surface area (Å²) in [7, 11) is -3.65. The number of sulfonamides is 1. The predicted molar refractivity (Wildman–Crippen MR) is 90.1 cm³/mol. The van der Waals surface area contributed by atoms with Gasteiger partial charge >= 0.3 is 5.97 Å². The molecule has 1 heterocycles. The minimum atomic E-state index is -3.65. The SMILES string of the molecule is CC(C)C[C@H](CNS(=O)(=O)c1cc(Br)sc1Br)CC(=O)O. The number of thiophene rings is 1. The van der Waals surface area contributed by atoms with Crippen LogP contribution in [0.25, 0.3) is 0 Å². The molecule has 120 valence electrons. The molecule has 0 spiro atoms. The second kappa shape index (κ2) is 8.05. The highest BCUT2D eigenvalue weighted by atomic mass is 79.9. The van der Waals surface area contributed by atoms with Gasteiger partial charge in [0.1, 0.15) is 4.90 Å². The molecule has 0 unspecified atom stereocenters. The van der Waals surface area contributed by atoms with Crippen LogP contribution in [0.4, 0.5) is 0 Å². The lowest BCUT2D eigenvalue weighted by atomic mass is 9.94. The Morgan fingerprint density at radius 3 is 2.48 bits per heavy atom. The molecule has 1 rings (SSSR count). The average Bonchev–Trinajstić information content (AvgIpc) is 2.65. The topological polar surface area (TPSA) is 83.5 Å². The van der Waals surface area contributed by atoms with Crippen LogP contribution in [-0.4, -0.2) is 26.0 Å². The molecular weight excluding hydrogens is 446 g/mol. The van der Waals surface area contributed by atoms with Crippen molar-refractivity contribution >= 4 is 59.2 Å². The Balaban J connectivity index is 2.78. The summed E-state index contributed by atoms with van der Waals surface area (Å²) in [5, 5.41) is 8.90. The van der Waals surface area contributed by atoms with Crippen LogP contribution in [0.1, 0.15) is 26.7 Å². The summed E-state index contributed by atoms with van der Waals surface area (Å²) < 4.78 is 28.2. The molecular formula is C12H17Br2NO4S2. The van der Waals surface area contributed by atoms with Gasteiger partial charge in [-0.2, -0.15) is 0 Å². The van der Waals surface area contributed by atoms with E-state index in [2.05, 4.69) is 36.6 Å². The maximum Gasteiger partial charge on any atom is 0.303 e. The van der Waals surface area contributed by atoms with E-state index in [-0.39, 0.29) is 23.8 Å². The summed E-state index contributed by atoms with van der Waals surface area (Å²) in [6.07, 6.45) is 0.610. The Morgan fingerprint density at radius 2 is 2.05 bits per heavy atom. The number of carboxylic acid groups (broad SMARTS) is 1. The smallest absolute Gasteiger partial charge is 0.303 e. The zero-order chi connectivity index (χ0) is 16.2. The van der Waals surface area contributed by atoms with E-state index in [0.717, 1.165) is 0 Å². The van der Waals surface area contributed by atoms with Gasteiger partial charge in [0, 0.05) is 13.0 Å². The molecule has 0 fully saturated rings. The summed E-state index contributed by atoms with van der Waals surface area (Å²) in [6.45, 7) is 4.08. The third kappa shape index (κ3) is 6.35. The Labute approximate surface area is 145 Å². The van der Waals surface area contributed by atoms with Gasteiger partial charge in [0.2, 0.25) is 10.0 Å². The van der Waals surface area contributed by atoms with Crippen molar-refractivity contribution in [3.63, 3.8) is 0 Å². The molecule has 0 amide bonds. The van der Waals surface area contributed by atoms with Crippen molar-refractivity contribution < 1.29 is 18.3 Å². The third-order valence-corrected chi connectivity index (χ3v) is 6.92. The molecule has 1 aromatic heterocycles. The molecule has 5 nitrogen and oxygen atoms in total. The van der Waals surface area contributed by atoms with Crippen molar-refractivity contribution in [1.29, 1.82) is 0 Å². The molecule has 21 heavy (non-hydrogen) atoms. The van der Waals surface area contributed by atoms with Gasteiger partial charge in [-0.15, -0.1) is 11.3 Å². The lowest BCUT2D eigenvalue weighted by molar-refractivity contribution is -0.138. The predicted octanol–water partition coefficient (Wildman–Crippen LogP) is 3.69. The summed E-state index contributed by atoms with van der Waals surface area (Å²) in [6, 6.07) is 1.52. The monoisotopic (exact) mass is 461 g/mol. The van der Waals surface area contributed by atoms with Crippen molar-refractivity contribution in [2.45, 2.75) is 31.6 Å². The first-order chi connectivity index (χ1) is 9.61. The molecule has 0 saturated carbocycles. The first-order valence-corrected chi connectivity index (χ1v) is 10.2. The van der Waals surface area contributed by atoms with Crippen molar-refractivity contribution in [3.05, 3.63) is 13.6 Å². The Bertz CT molecular complexity index is 598. The molecule has 0 bridgehead atoms. The van der Waals surface area contributed by atoms with Crippen LogP contribution in [0.2, 0.25) is 0 Å². The van der Waals surface area contributed by atoms with Gasteiger partial charge in [0.25, 0.3) is 0 Å². The Morgan fingerprint density at radius 1 is 1.43 bits per heavy atom. The van der Waals surface area contributed by atoms with Crippen molar-refractivity contribution in [2.75, 3.05) is 6.54 Å². The van der Waals surface area contributed by atoms with Gasteiger partial charge < -0.3 is 5.11 Å². The van der Waals surface area contributed by atoms with Gasteiger partial charge in [-0.3, -0.25) is 4.79 Å². The molecule has 0 saturated heterocycles. The fraction of sp³-hybridized carbons (Fsp3) is 0.583. The number of carbonyl (C=O) groups is 1. The highest BCUT2D eigenvalue weighted by molar-refractivity contribution is 9.12. The molecule has 0 aliphatic carbocycles. The molecule has 9 heteroatoms. The standard InChI is InChI=1S/C12H17Br2NO4S2/c1-7(2)3-8(4-11(16)17)6-15-21(18,19)9-5-10(13)20-12(9)14/h5,7-8,15H,3-4,6H2,1-2H3,(H,16,17)/t8-/m0/s1. The van der Waals surface area contributed by atoms with Gasteiger partial charge in [0.15, 0.2) is 0 Å². The van der Waals surface area contributed by atoms with E-state index in [1.165, 1.54) is 17.4 Å². The third-order valence-electron chi connectivity index (χ3n) is 2.74. The second-order valence-electron chi connectivity index (χ2n) is 5.13. The van der Waals surface area contributed by atoms with Crippen LogP contribution in [0.5, 0.6) is 0 Å². The minimum absolute atomic E-state index is 0.0464. The molecule has 0 aliphatic rings. The molecule has 1 atom stereocenters. The van der Waals surface area contributed by atoms with Gasteiger partial charge in [0.05, 0.1) is 7.57 Å². The van der Waals surface area contributed by atoms with Crippen molar-refractivity contribution in [1.82, 2.24) is 4.72 Å². The minimum Gasteiger partial charge on any atom is -0.481 e. The van der Waals surface area contributed by atoms with E-state index in [0.29, 0.717) is 19.9 Å². The molecule has 1 aromatic rings. The summed E-state index contributed by atoms with van der Waals surface area (Å²) >= 11 is 7.73. The maximum absolute atomic E-state index is 12.2. The van der Waals surface area contributed by atoms with Gasteiger partial charge in [-0.25, -0.2) is 13.1 Å². The number of nitrogens with one attached hydrogen (secondary N) is 1. The number of halogens is 2. The normalized spacial score (nSPS) is 13.6. The summed E-state index contributed by atoms with van der Waals surface area (Å²) in [4.78, 5) is 11.0. The van der Waals surface area contributed by atoms with Gasteiger partial charge in [-0.05, 0) is 56.2 Å². The van der Waals surface area contributed by atoms with E-state index < -0.39 is 16.0 Å². The van der Waals surface area contributed by atoms with Gasteiger partial charge in [-0.1, -0.05) is 13.8 Å². The highest BCUT2D eigenvalue weighted by Gasteiger charge is 2.23. The largest absolute Gasteiger partial charge is 0.481 e. The average molecular weight is 463 g/mol. The number of hydrogen-bond donors (Lipinski definition) is 2. The van der Waals surface area contributed by atoms with E-state index in [9.17, 15) is 13.2 Å². The summed E-state index contributed by atoms with van der Waals surface area (Å²) in [5.74, 6) is -0.835. The number of carboxylic acids is 1. The van der Waals surface area contributed by atoms with Crippen LogP contribution in [0.3, 0.4) is 0 Å². The van der Waals surface area contributed by atoms with Crippen LogP contribution in [0, 0.1) is 11.8 Å². The zero-order valence-electron chi connectivity index (χ0n) is 11.6. The first-order valence-electron chi connectivity index (χ1n) is 6.28. The molecule has 0 aromatic carbocycles. The van der Waals surface area contributed by atoms with E-state index in [4.69, 9.17) is 5.11 Å². The first kappa shape index (κ1) is 19.1. The summed E-state index contributed by atoms with van der Waals surface area (Å²) in [5.41, 5.74) is 0. The van der Waals surface area contributed by atoms with Crippen LogP contribution >= 0.6 is 43.2 Å². The van der Waals surface area contributed by atoms with Crippen LogP contribution < -0.4 is 4.72 Å². The lowest BCUT2D eigenvalue weighted by Gasteiger charge is -2.17.